The van der Waals surface area contributed by atoms with Crippen LogP contribution in [0.15, 0.2) is 119 Å². The Balaban J connectivity index is 0.000000272. The molecule has 7 aromatic rings. The van der Waals surface area contributed by atoms with Gasteiger partial charge >= 0.3 is 45.3 Å². The molecule has 0 radical (unpaired) electrons. The van der Waals surface area contributed by atoms with Crippen LogP contribution in [0.1, 0.15) is 22.4 Å². The second-order valence-corrected chi connectivity index (χ2v) is 16.3. The largest absolute Gasteiger partial charge is 0.419 e. The average molecular weight is 1050 g/mol. The number of amidine groups is 1. The maximum Gasteiger partial charge on any atom is 0.419 e. The maximum atomic E-state index is 14.0. The zero-order chi connectivity index (χ0) is 51.6. The number of nitrogens with zero attached hydrogens (tertiary/aromatic N) is 10. The van der Waals surface area contributed by atoms with Gasteiger partial charge in [0.15, 0.2) is 12.0 Å². The molecule has 0 aliphatic rings. The number of aromatic nitrogens is 8. The monoisotopic (exact) mass is 1050 g/mol. The summed E-state index contributed by atoms with van der Waals surface area (Å²) in [6, 6.07) is 19.1. The Morgan fingerprint density at radius 1 is 0.729 bits per heavy atom. The van der Waals surface area contributed by atoms with Crippen LogP contribution in [-0.2, 0) is 19.3 Å². The van der Waals surface area contributed by atoms with Gasteiger partial charge in [-0.1, -0.05) is 46.7 Å². The van der Waals surface area contributed by atoms with E-state index >= 15 is 0 Å². The van der Waals surface area contributed by atoms with E-state index in [1.165, 1.54) is 38.8 Å². The summed E-state index contributed by atoms with van der Waals surface area (Å²) in [7, 11) is -4.45. The second kappa shape index (κ2) is 22.0. The summed E-state index contributed by atoms with van der Waals surface area (Å²) in [5.74, 6) is -0.878. The van der Waals surface area contributed by atoms with Crippen molar-refractivity contribution in [2.45, 2.75) is 25.4 Å². The molecule has 0 saturated heterocycles. The van der Waals surface area contributed by atoms with E-state index in [0.29, 0.717) is 52.0 Å². The molecule has 380 valence electrons. The molecule has 0 atom stereocenters. The maximum absolute atomic E-state index is 14.0. The van der Waals surface area contributed by atoms with Gasteiger partial charge in [-0.15, -0.1) is 12.4 Å². The van der Waals surface area contributed by atoms with E-state index in [0.717, 1.165) is 12.4 Å². The van der Waals surface area contributed by atoms with Crippen LogP contribution in [0.3, 0.4) is 0 Å². The number of nitrogens with two attached hydrogens (primary N) is 1. The minimum atomic E-state index is -10.7. The Labute approximate surface area is 392 Å². The van der Waals surface area contributed by atoms with Gasteiger partial charge in [-0.05, 0) is 24.3 Å². The Hall–Kier alpha value is -7.22. The summed E-state index contributed by atoms with van der Waals surface area (Å²) in [6.07, 6.45) is -2.57. The van der Waals surface area contributed by atoms with E-state index in [9.17, 15) is 60.3 Å². The number of hydrogen-bond acceptors (Lipinski definition) is 10. The molecule has 0 aliphatic carbocycles. The molecule has 0 spiro atoms. The van der Waals surface area contributed by atoms with Crippen molar-refractivity contribution in [2.24, 2.45) is 5.73 Å². The predicted octanol–water partition coefficient (Wildman–Crippen LogP) is 11.4. The van der Waals surface area contributed by atoms with E-state index in [1.54, 1.807) is 93.5 Å². The molecule has 30 heteroatoms. The van der Waals surface area contributed by atoms with E-state index in [4.69, 9.17) is 20.2 Å². The van der Waals surface area contributed by atoms with Crippen molar-refractivity contribution in [3.8, 4) is 34.3 Å². The normalized spacial score (nSPS) is 12.6. The molecular formula is C40H38ClF14N12O2P. The summed E-state index contributed by atoms with van der Waals surface area (Å²) in [6.45, 7) is 0.289. The molecule has 70 heavy (non-hydrogen) atoms. The second-order valence-electron chi connectivity index (χ2n) is 14.4. The van der Waals surface area contributed by atoms with Gasteiger partial charge in [-0.3, -0.25) is 14.8 Å². The van der Waals surface area contributed by atoms with Crippen LogP contribution in [-0.4, -0.2) is 95.7 Å². The van der Waals surface area contributed by atoms with Gasteiger partial charge in [-0.2, -0.15) is 36.5 Å². The minimum absolute atomic E-state index is 0. The number of halogens is 15. The van der Waals surface area contributed by atoms with Crippen LogP contribution in [0.2, 0.25) is 0 Å². The molecule has 14 nitrogen and oxygen atoms in total. The van der Waals surface area contributed by atoms with Crippen molar-refractivity contribution in [1.82, 2.24) is 44.7 Å². The van der Waals surface area contributed by atoms with Crippen LogP contribution in [0.4, 0.5) is 60.3 Å². The van der Waals surface area contributed by atoms with Crippen molar-refractivity contribution in [3.05, 3.63) is 144 Å². The smallest absolute Gasteiger partial charge is 0.382 e. The third-order valence-corrected chi connectivity index (χ3v) is 8.12. The van der Waals surface area contributed by atoms with Gasteiger partial charge in [0.1, 0.15) is 72.4 Å². The molecule has 0 fully saturated rings. The number of nitrogen functional groups attached to an aromatic ring is 1. The first-order chi connectivity index (χ1) is 31.7. The number of nitrogens with one attached hydrogen (secondary N) is 1. The molecule has 3 N–H and O–H groups in total. The molecule has 0 saturated carbocycles. The first-order valence-corrected chi connectivity index (χ1v) is 21.0. The fourth-order valence-corrected chi connectivity index (χ4v) is 5.34. The van der Waals surface area contributed by atoms with Gasteiger partial charge in [0.05, 0.1) is 30.0 Å². The van der Waals surface area contributed by atoms with Crippen LogP contribution in [0.5, 0.6) is 0 Å². The van der Waals surface area contributed by atoms with Crippen LogP contribution < -0.4 is 5.73 Å². The van der Waals surface area contributed by atoms with Crippen molar-refractivity contribution in [3.63, 3.8) is 0 Å². The Bertz CT molecular complexity index is 2850. The summed E-state index contributed by atoms with van der Waals surface area (Å²) in [4.78, 5) is 8.87. The minimum Gasteiger partial charge on any atom is -0.382 e. The number of rotatable bonds is 10. The Morgan fingerprint density at radius 2 is 1.17 bits per heavy atom. The topological polar surface area (TPSA) is 170 Å². The summed E-state index contributed by atoms with van der Waals surface area (Å²) >= 11 is 0. The van der Waals surface area contributed by atoms with Gasteiger partial charge in [0.2, 0.25) is 0 Å². The number of hydrogen-bond donors (Lipinski definition) is 2. The third-order valence-electron chi connectivity index (χ3n) is 8.12. The van der Waals surface area contributed by atoms with E-state index < -0.39 is 37.1 Å². The molecule has 5 aromatic heterocycles. The van der Waals surface area contributed by atoms with Crippen molar-refractivity contribution >= 4 is 32.3 Å². The average Bonchev–Trinajstić information content (AvgIpc) is 4.06. The number of allylic oxidation sites excluding steroid dienone is 1. The van der Waals surface area contributed by atoms with Crippen molar-refractivity contribution in [2.75, 3.05) is 28.2 Å². The molecule has 0 bridgehead atoms. The van der Waals surface area contributed by atoms with Gasteiger partial charge in [0, 0.05) is 55.9 Å². The first kappa shape index (κ1) is 57.1. The quantitative estimate of drug-likeness (QED) is 0.0442. The molecule has 5 heterocycles. The number of alkyl halides is 6. The van der Waals surface area contributed by atoms with Gasteiger partial charge in [0.25, 0.3) is 0 Å². The van der Waals surface area contributed by atoms with Crippen LogP contribution in [0, 0.1) is 17.0 Å². The summed E-state index contributed by atoms with van der Waals surface area (Å²) < 4.78 is 176. The fraction of sp³-hybridized carbons (Fsp3) is 0.200. The molecule has 2 aromatic carbocycles. The van der Waals surface area contributed by atoms with E-state index in [-0.39, 0.29) is 48.7 Å². The van der Waals surface area contributed by atoms with Crippen LogP contribution >= 0.6 is 20.2 Å². The van der Waals surface area contributed by atoms with E-state index in [1.807, 2.05) is 0 Å². The standard InChI is InChI=1S/C18H11F4N5O.C14H12FN5O.C8H14F3N2.ClH.F6P/c19-13-4-2-1-3-11(13)10-27-16(14-5-6-28-26-14)7-15(25-27)17-23-8-12(9-24-17)18(20,21)22;15-10-4-2-1-3-9(10)8-20-13(11-5-6-21-19-11)7-12(18-20)14(16)17;1-12(2)5-7(6-13(3)4)8(9,10)11;;1-7(2,3,4,5)6/h1-9H,10H2;1-7H,8H2,(H3,16,17);5-6H,1-4H3;1H;/q;;+1;;-1. The Kier molecular flexibility index (Phi) is 18.0. The molecule has 0 aliphatic heterocycles. The van der Waals surface area contributed by atoms with Crippen molar-refractivity contribution in [1.29, 1.82) is 5.41 Å². The molecule has 0 unspecified atom stereocenters. The fourth-order valence-electron chi connectivity index (χ4n) is 5.34. The van der Waals surface area contributed by atoms with Gasteiger partial charge < -0.3 is 19.7 Å². The predicted molar refractivity (Wildman–Crippen MR) is 230 cm³/mol. The number of benzene rings is 2. The summed E-state index contributed by atoms with van der Waals surface area (Å²) in [5, 5.41) is 23.7. The zero-order valence-electron chi connectivity index (χ0n) is 36.3. The first-order valence-electron chi connectivity index (χ1n) is 19.0. The Morgan fingerprint density at radius 3 is 1.54 bits per heavy atom. The van der Waals surface area contributed by atoms with E-state index in [2.05, 4.69) is 30.5 Å². The van der Waals surface area contributed by atoms with Crippen molar-refractivity contribution < 1.29 is 73.9 Å². The zero-order valence-corrected chi connectivity index (χ0v) is 38.0. The van der Waals surface area contributed by atoms with Crippen LogP contribution in [0.25, 0.3) is 34.3 Å². The summed E-state index contributed by atoms with van der Waals surface area (Å²) in [5.41, 5.74) is 7.31. The SMILES string of the molecule is CN(C)/C=C(/C=[N+](C)C)C(F)(F)F.Cl.F[P-](F)(F)(F)(F)F.Fc1ccccc1Cn1nc(-c2ncc(C(F)(F)F)cn2)cc1-c1ccon1.N=C(N)c1cc(-c2ccon2)n(Cc2ccccc2F)n1. The third kappa shape index (κ3) is 19.0. The van der Waals surface area contributed by atoms with Gasteiger partial charge in [-0.25, -0.2) is 23.3 Å². The molecular weight excluding hydrogens is 1010 g/mol. The molecule has 0 amide bonds. The molecule has 7 rings (SSSR count).